The number of methoxy groups -OCH3 is 1. The van der Waals surface area contributed by atoms with Crippen LogP contribution in [0.3, 0.4) is 0 Å². The Morgan fingerprint density at radius 2 is 1.56 bits per heavy atom. The van der Waals surface area contributed by atoms with Crippen LogP contribution in [0.5, 0.6) is 11.5 Å². The van der Waals surface area contributed by atoms with Gasteiger partial charge in [-0.15, -0.1) is 0 Å². The highest BCUT2D eigenvalue weighted by molar-refractivity contribution is 5.85. The van der Waals surface area contributed by atoms with E-state index in [4.69, 9.17) is 9.47 Å². The molecule has 0 aromatic heterocycles. The van der Waals surface area contributed by atoms with E-state index in [9.17, 15) is 14.7 Å². The van der Waals surface area contributed by atoms with Gasteiger partial charge in [-0.05, 0) is 59.0 Å². The van der Waals surface area contributed by atoms with Crippen molar-refractivity contribution in [1.29, 1.82) is 0 Å². The van der Waals surface area contributed by atoms with Crippen molar-refractivity contribution in [3.8, 4) is 11.5 Å². The molecule has 3 aromatic carbocycles. The molecule has 3 aromatic rings. The summed E-state index contributed by atoms with van der Waals surface area (Å²) in [6.07, 6.45) is 5.17. The van der Waals surface area contributed by atoms with E-state index in [0.717, 1.165) is 59.8 Å². The third kappa shape index (κ3) is 7.74. The molecule has 0 saturated carbocycles. The van der Waals surface area contributed by atoms with Crippen molar-refractivity contribution >= 4 is 22.6 Å². The number of ether oxygens (including phenoxy) is 2. The van der Waals surface area contributed by atoms with Gasteiger partial charge in [0.25, 0.3) is 5.91 Å². The van der Waals surface area contributed by atoms with Crippen LogP contribution in [0.4, 0.5) is 0 Å². The summed E-state index contributed by atoms with van der Waals surface area (Å²) < 4.78 is 11.1. The Labute approximate surface area is 213 Å². The zero-order valence-electron chi connectivity index (χ0n) is 21.5. The van der Waals surface area contributed by atoms with E-state index in [1.807, 2.05) is 60.7 Å². The average molecular weight is 492 g/mol. The lowest BCUT2D eigenvalue weighted by Gasteiger charge is -2.18. The molecule has 6 heteroatoms. The van der Waals surface area contributed by atoms with Crippen molar-refractivity contribution in [2.24, 2.45) is 0 Å². The minimum Gasteiger partial charge on any atom is -0.497 e. The topological polar surface area (TPSA) is 84.9 Å². The smallest absolute Gasteiger partial charge is 0.304 e. The van der Waals surface area contributed by atoms with Gasteiger partial charge in [0.05, 0.1) is 13.5 Å². The lowest BCUT2D eigenvalue weighted by molar-refractivity contribution is -0.137. The number of carboxylic acids is 1. The van der Waals surface area contributed by atoms with E-state index in [2.05, 4.69) is 19.2 Å². The van der Waals surface area contributed by atoms with Crippen LogP contribution >= 0.6 is 0 Å². The second-order valence-electron chi connectivity index (χ2n) is 9.18. The Morgan fingerprint density at radius 3 is 2.22 bits per heavy atom. The van der Waals surface area contributed by atoms with Crippen LogP contribution in [0.2, 0.25) is 0 Å². The molecule has 0 fully saturated rings. The molecule has 0 bridgehead atoms. The first-order valence-corrected chi connectivity index (χ1v) is 12.7. The molecule has 0 heterocycles. The van der Waals surface area contributed by atoms with Gasteiger partial charge in [0.1, 0.15) is 11.5 Å². The largest absolute Gasteiger partial charge is 0.497 e. The molecule has 2 N–H and O–H groups in total. The van der Waals surface area contributed by atoms with Gasteiger partial charge in [-0.3, -0.25) is 9.59 Å². The van der Waals surface area contributed by atoms with Gasteiger partial charge in [-0.2, -0.15) is 0 Å². The fraction of sp³-hybridized carbons (Fsp3) is 0.400. The zero-order chi connectivity index (χ0) is 25.9. The molecule has 2 atom stereocenters. The Bertz CT molecular complexity index is 1140. The summed E-state index contributed by atoms with van der Waals surface area (Å²) >= 11 is 0. The molecule has 0 aliphatic heterocycles. The first-order chi connectivity index (χ1) is 17.4. The number of fused-ring (bicyclic) bond motifs is 1. The summed E-state index contributed by atoms with van der Waals surface area (Å²) in [6.45, 7) is 4.24. The van der Waals surface area contributed by atoms with Crippen LogP contribution in [-0.2, 0) is 9.59 Å². The number of benzene rings is 3. The van der Waals surface area contributed by atoms with Crippen LogP contribution in [0.25, 0.3) is 10.8 Å². The van der Waals surface area contributed by atoms with Gasteiger partial charge < -0.3 is 19.9 Å². The third-order valence-electron chi connectivity index (χ3n) is 6.41. The first kappa shape index (κ1) is 27.1. The maximum absolute atomic E-state index is 12.5. The second-order valence-corrected chi connectivity index (χ2v) is 9.18. The van der Waals surface area contributed by atoms with Crippen molar-refractivity contribution in [1.82, 2.24) is 5.32 Å². The van der Waals surface area contributed by atoms with Gasteiger partial charge in [-0.25, -0.2) is 0 Å². The van der Waals surface area contributed by atoms with E-state index in [-0.39, 0.29) is 30.9 Å². The van der Waals surface area contributed by atoms with Gasteiger partial charge in [0.2, 0.25) is 0 Å². The van der Waals surface area contributed by atoms with Crippen LogP contribution in [0.15, 0.2) is 60.7 Å². The molecule has 2 unspecified atom stereocenters. The first-order valence-electron chi connectivity index (χ1n) is 12.7. The van der Waals surface area contributed by atoms with E-state index in [1.54, 1.807) is 7.11 Å². The zero-order valence-corrected chi connectivity index (χ0v) is 21.5. The monoisotopic (exact) mass is 491 g/mol. The molecule has 1 amide bonds. The summed E-state index contributed by atoms with van der Waals surface area (Å²) in [7, 11) is 1.60. The number of carbonyl (C=O) groups excluding carboxylic acids is 1. The van der Waals surface area contributed by atoms with Gasteiger partial charge in [0, 0.05) is 12.0 Å². The Kier molecular flexibility index (Phi) is 10.2. The Hall–Kier alpha value is -3.54. The summed E-state index contributed by atoms with van der Waals surface area (Å²) in [5, 5.41) is 14.6. The molecule has 0 spiro atoms. The Morgan fingerprint density at radius 1 is 0.861 bits per heavy atom. The number of unbranched alkanes of at least 4 members (excludes halogenated alkanes) is 1. The van der Waals surface area contributed by atoms with Crippen molar-refractivity contribution in [2.75, 3.05) is 13.7 Å². The van der Waals surface area contributed by atoms with Gasteiger partial charge in [0.15, 0.2) is 6.61 Å². The molecular formula is C30H37NO5. The predicted molar refractivity (Wildman–Crippen MR) is 143 cm³/mol. The summed E-state index contributed by atoms with van der Waals surface area (Å²) in [4.78, 5) is 24.1. The molecule has 0 saturated heterocycles. The quantitative estimate of drug-likeness (QED) is 0.276. The molecule has 192 valence electrons. The SMILES string of the molecule is CCCCC(CCC)NC(=O)COc1ccc2ccc(C(CC(=O)O)c3ccc(OC)cc3)cc2c1. The fourth-order valence-electron chi connectivity index (χ4n) is 4.49. The van der Waals surface area contributed by atoms with E-state index in [0.29, 0.717) is 5.75 Å². The highest BCUT2D eigenvalue weighted by Gasteiger charge is 2.19. The lowest BCUT2D eigenvalue weighted by atomic mass is 9.87. The normalized spacial score (nSPS) is 12.6. The van der Waals surface area contributed by atoms with E-state index >= 15 is 0 Å². The molecule has 0 radical (unpaired) electrons. The van der Waals surface area contributed by atoms with Gasteiger partial charge in [-0.1, -0.05) is 69.5 Å². The van der Waals surface area contributed by atoms with Crippen LogP contribution in [0, 0.1) is 0 Å². The second kappa shape index (κ2) is 13.5. The number of carbonyl (C=O) groups is 2. The minimum atomic E-state index is -0.862. The maximum atomic E-state index is 12.5. The number of carboxylic acid groups (broad SMARTS) is 1. The van der Waals surface area contributed by atoms with Gasteiger partial charge >= 0.3 is 5.97 Å². The highest BCUT2D eigenvalue weighted by Crippen LogP contribution is 2.32. The molecule has 36 heavy (non-hydrogen) atoms. The summed E-state index contributed by atoms with van der Waals surface area (Å²) in [5.41, 5.74) is 1.81. The molecule has 0 aliphatic carbocycles. The number of hydrogen-bond acceptors (Lipinski definition) is 4. The van der Waals surface area contributed by atoms with E-state index in [1.165, 1.54) is 0 Å². The van der Waals surface area contributed by atoms with Crippen LogP contribution < -0.4 is 14.8 Å². The Balaban J connectivity index is 1.75. The third-order valence-corrected chi connectivity index (χ3v) is 6.41. The van der Waals surface area contributed by atoms with Crippen LogP contribution in [0.1, 0.15) is 69.4 Å². The number of nitrogens with one attached hydrogen (secondary N) is 1. The van der Waals surface area contributed by atoms with Crippen molar-refractivity contribution in [3.05, 3.63) is 71.8 Å². The maximum Gasteiger partial charge on any atom is 0.304 e. The van der Waals surface area contributed by atoms with E-state index < -0.39 is 5.97 Å². The summed E-state index contributed by atoms with van der Waals surface area (Å²) in [5.74, 6) is 0.0590. The van der Waals surface area contributed by atoms with Crippen molar-refractivity contribution < 1.29 is 24.2 Å². The fourth-order valence-corrected chi connectivity index (χ4v) is 4.49. The number of rotatable bonds is 14. The van der Waals surface area contributed by atoms with Crippen molar-refractivity contribution in [3.63, 3.8) is 0 Å². The lowest BCUT2D eigenvalue weighted by Crippen LogP contribution is -2.37. The summed E-state index contributed by atoms with van der Waals surface area (Å²) in [6, 6.07) is 19.4. The standard InChI is InChI=1S/C30H37NO5/c1-4-6-8-25(7-5-2)31-29(32)20-36-27-16-11-21-9-10-23(17-24(21)18-27)28(19-30(33)34)22-12-14-26(35-3)15-13-22/h9-18,25,28H,4-8,19-20H2,1-3H3,(H,31,32)(H,33,34). The number of hydrogen-bond donors (Lipinski definition) is 2. The predicted octanol–water partition coefficient (Wildman–Crippen LogP) is 6.31. The minimum absolute atomic E-state index is 0.0227. The molecular weight excluding hydrogens is 454 g/mol. The number of amides is 1. The van der Waals surface area contributed by atoms with Crippen molar-refractivity contribution in [2.45, 2.75) is 64.3 Å². The molecule has 6 nitrogen and oxygen atoms in total. The number of aliphatic carboxylic acids is 1. The van der Waals surface area contributed by atoms with Crippen LogP contribution in [-0.4, -0.2) is 36.7 Å². The highest BCUT2D eigenvalue weighted by atomic mass is 16.5. The molecule has 3 rings (SSSR count). The average Bonchev–Trinajstić information content (AvgIpc) is 2.89. The molecule has 0 aliphatic rings.